The Balaban J connectivity index is 2.13. The van der Waals surface area contributed by atoms with Crippen LogP contribution in [0.1, 0.15) is 31.9 Å². The number of methoxy groups -OCH3 is 1. The lowest BCUT2D eigenvalue weighted by atomic mass is 9.93. The molecule has 0 saturated carbocycles. The lowest BCUT2D eigenvalue weighted by Crippen LogP contribution is -2.34. The van der Waals surface area contributed by atoms with Crippen LogP contribution in [0.5, 0.6) is 0 Å². The first kappa shape index (κ1) is 23.1. The van der Waals surface area contributed by atoms with E-state index in [1.807, 2.05) is 30.5 Å². The molecule has 1 unspecified atom stereocenters. The van der Waals surface area contributed by atoms with Crippen molar-refractivity contribution in [1.82, 2.24) is 14.5 Å². The van der Waals surface area contributed by atoms with Crippen molar-refractivity contribution in [2.75, 3.05) is 20.3 Å². The molecule has 2 N–H and O–H groups in total. The summed E-state index contributed by atoms with van der Waals surface area (Å²) in [5.74, 6) is -0.00459. The third-order valence-corrected chi connectivity index (χ3v) is 7.76. The van der Waals surface area contributed by atoms with Gasteiger partial charge in [0.25, 0.3) is 0 Å². The van der Waals surface area contributed by atoms with E-state index in [1.54, 1.807) is 13.4 Å². The van der Waals surface area contributed by atoms with E-state index in [1.165, 1.54) is 0 Å². The minimum atomic E-state index is -1.43. The Hall–Kier alpha value is -1.13. The molecule has 0 spiro atoms. The summed E-state index contributed by atoms with van der Waals surface area (Å²) >= 11 is 0. The zero-order chi connectivity index (χ0) is 20.9. The third kappa shape index (κ3) is 6.45. The first-order valence-corrected chi connectivity index (χ1v) is 14.5. The summed E-state index contributed by atoms with van der Waals surface area (Å²) in [4.78, 5) is 9.16. The van der Waals surface area contributed by atoms with Crippen molar-refractivity contribution in [3.05, 3.63) is 24.2 Å². The fourth-order valence-electron chi connectivity index (χ4n) is 2.96. The topological polar surface area (TPSA) is 92.3 Å². The molecule has 2 rings (SSSR count). The Morgan fingerprint density at radius 1 is 1.32 bits per heavy atom. The minimum absolute atomic E-state index is 0.00459. The second kappa shape index (κ2) is 9.58. The van der Waals surface area contributed by atoms with Crippen LogP contribution in [0.2, 0.25) is 25.7 Å². The van der Waals surface area contributed by atoms with E-state index in [2.05, 4.69) is 24.6 Å². The number of pyridine rings is 1. The van der Waals surface area contributed by atoms with Crippen molar-refractivity contribution >= 4 is 30.2 Å². The van der Waals surface area contributed by atoms with Crippen molar-refractivity contribution in [3.8, 4) is 0 Å². The van der Waals surface area contributed by atoms with Crippen LogP contribution in [0.15, 0.2) is 18.5 Å². The fraction of sp³-hybridized carbons (Fsp3) is 0.684. The first-order chi connectivity index (χ1) is 13.0. The summed E-state index contributed by atoms with van der Waals surface area (Å²) in [6.45, 7) is 12.5. The van der Waals surface area contributed by atoms with Gasteiger partial charge in [0, 0.05) is 33.4 Å². The van der Waals surface area contributed by atoms with E-state index < -0.39 is 23.8 Å². The summed E-state index contributed by atoms with van der Waals surface area (Å²) in [7, 11) is -0.861. The number of hydrogen-bond donors (Lipinski definition) is 1. The van der Waals surface area contributed by atoms with Crippen molar-refractivity contribution in [2.24, 2.45) is 5.14 Å². The van der Waals surface area contributed by atoms with E-state index >= 15 is 0 Å². The van der Waals surface area contributed by atoms with Gasteiger partial charge in [-0.15, -0.1) is 0 Å². The Morgan fingerprint density at radius 3 is 2.64 bits per heavy atom. The zero-order valence-electron chi connectivity index (χ0n) is 17.9. The number of hydrogen-bond acceptors (Lipinski definition) is 5. The van der Waals surface area contributed by atoms with Gasteiger partial charge in [0.15, 0.2) is 5.65 Å². The van der Waals surface area contributed by atoms with Gasteiger partial charge in [0.05, 0.1) is 34.2 Å². The Kier molecular flexibility index (Phi) is 7.92. The number of nitrogens with two attached hydrogens (primary N) is 1. The van der Waals surface area contributed by atoms with Crippen molar-refractivity contribution < 1.29 is 13.7 Å². The molecular formula is C19H34N4O3SSi. The van der Waals surface area contributed by atoms with Gasteiger partial charge in [-0.1, -0.05) is 19.6 Å². The molecule has 0 aliphatic heterocycles. The Bertz CT molecular complexity index is 804. The second-order valence-electron chi connectivity index (χ2n) is 9.05. The highest BCUT2D eigenvalue weighted by Gasteiger charge is 2.29. The van der Waals surface area contributed by atoms with Gasteiger partial charge in [0.2, 0.25) is 0 Å². The molecule has 9 heteroatoms. The molecule has 2 aromatic rings. The number of imidazole rings is 1. The van der Waals surface area contributed by atoms with Gasteiger partial charge in [-0.2, -0.15) is 0 Å². The smallest absolute Gasteiger partial charge is 0.177 e. The standard InChI is InChI=1S/C19H34N4O3SSi/c1-19(2,27(20)24)11-15(12-25-3)16-7-8-17-18(22-16)21-13-23(17)14-26-9-10-28(4,5)6/h7-8,13,15H,9-12,14,20H2,1-6H3/t15-,27?/m1/s1. The molecule has 0 saturated heterocycles. The van der Waals surface area contributed by atoms with Crippen LogP contribution < -0.4 is 5.14 Å². The Morgan fingerprint density at radius 2 is 2.04 bits per heavy atom. The number of nitrogens with zero attached hydrogens (tertiary/aromatic N) is 3. The predicted molar refractivity (Wildman–Crippen MR) is 117 cm³/mol. The lowest BCUT2D eigenvalue weighted by molar-refractivity contribution is 0.0898. The van der Waals surface area contributed by atoms with Crippen LogP contribution in [0.25, 0.3) is 11.2 Å². The normalized spacial score (nSPS) is 15.1. The summed E-state index contributed by atoms with van der Waals surface area (Å²) in [5.41, 5.74) is 2.49. The van der Waals surface area contributed by atoms with Crippen LogP contribution in [-0.4, -0.2) is 51.9 Å². The highest BCUT2D eigenvalue weighted by Crippen LogP contribution is 2.29. The third-order valence-electron chi connectivity index (χ3n) is 4.80. The molecule has 0 amide bonds. The number of ether oxygens (including phenoxy) is 2. The van der Waals surface area contributed by atoms with Gasteiger partial charge < -0.3 is 14.0 Å². The quantitative estimate of drug-likeness (QED) is 0.440. The molecule has 28 heavy (non-hydrogen) atoms. The molecule has 7 nitrogen and oxygen atoms in total. The molecule has 158 valence electrons. The number of aromatic nitrogens is 3. The monoisotopic (exact) mass is 426 g/mol. The average Bonchev–Trinajstić information content (AvgIpc) is 2.99. The maximum absolute atomic E-state index is 11.8. The molecule has 0 aliphatic rings. The van der Waals surface area contributed by atoms with Crippen molar-refractivity contribution in [2.45, 2.75) is 63.3 Å². The molecule has 0 bridgehead atoms. The van der Waals surface area contributed by atoms with Crippen LogP contribution in [0, 0.1) is 0 Å². The maximum Gasteiger partial charge on any atom is 0.177 e. The average molecular weight is 427 g/mol. The van der Waals surface area contributed by atoms with Gasteiger partial charge >= 0.3 is 0 Å². The molecular weight excluding hydrogens is 392 g/mol. The molecule has 0 fully saturated rings. The lowest BCUT2D eigenvalue weighted by Gasteiger charge is -2.26. The van der Waals surface area contributed by atoms with Gasteiger partial charge in [-0.3, -0.25) is 5.14 Å². The highest BCUT2D eigenvalue weighted by molar-refractivity contribution is 7.84. The maximum atomic E-state index is 11.8. The highest BCUT2D eigenvalue weighted by atomic mass is 32.2. The summed E-state index contributed by atoms with van der Waals surface area (Å²) < 4.78 is 24.5. The van der Waals surface area contributed by atoms with E-state index in [0.717, 1.165) is 23.9 Å². The molecule has 0 aliphatic carbocycles. The van der Waals surface area contributed by atoms with E-state index in [9.17, 15) is 4.21 Å². The van der Waals surface area contributed by atoms with Crippen LogP contribution in [-0.2, 0) is 27.2 Å². The largest absolute Gasteiger partial charge is 0.384 e. The molecule has 2 atom stereocenters. The first-order valence-electron chi connectivity index (χ1n) is 9.58. The SMILES string of the molecule is COC[C@@H](CC(C)(C)S(N)=O)c1ccc2c(ncn2COCC[Si](C)(C)C)n1. The van der Waals surface area contributed by atoms with Crippen molar-refractivity contribution in [1.29, 1.82) is 0 Å². The van der Waals surface area contributed by atoms with E-state index in [4.69, 9.17) is 19.6 Å². The van der Waals surface area contributed by atoms with E-state index in [0.29, 0.717) is 25.4 Å². The van der Waals surface area contributed by atoms with Crippen LogP contribution in [0.4, 0.5) is 0 Å². The second-order valence-corrected chi connectivity index (χ2v) is 16.4. The fourth-order valence-corrected chi connectivity index (χ4v) is 4.08. The van der Waals surface area contributed by atoms with E-state index in [-0.39, 0.29) is 5.92 Å². The zero-order valence-corrected chi connectivity index (χ0v) is 19.7. The molecule has 2 aromatic heterocycles. The molecule has 0 radical (unpaired) electrons. The number of rotatable bonds is 11. The minimum Gasteiger partial charge on any atom is -0.384 e. The number of fused-ring (bicyclic) bond motifs is 1. The predicted octanol–water partition coefficient (Wildman–Crippen LogP) is 3.26. The van der Waals surface area contributed by atoms with Crippen LogP contribution >= 0.6 is 0 Å². The van der Waals surface area contributed by atoms with Gasteiger partial charge in [0.1, 0.15) is 6.73 Å². The molecule has 0 aromatic carbocycles. The molecule has 2 heterocycles. The summed E-state index contributed by atoms with van der Waals surface area (Å²) in [5, 5.41) is 5.66. The summed E-state index contributed by atoms with van der Waals surface area (Å²) in [6.07, 6.45) is 2.38. The van der Waals surface area contributed by atoms with Crippen molar-refractivity contribution in [3.63, 3.8) is 0 Å². The van der Waals surface area contributed by atoms with Gasteiger partial charge in [-0.05, 0) is 38.4 Å². The summed E-state index contributed by atoms with van der Waals surface area (Å²) in [6, 6.07) is 5.14. The van der Waals surface area contributed by atoms with Gasteiger partial charge in [-0.25, -0.2) is 14.2 Å². The van der Waals surface area contributed by atoms with Crippen LogP contribution in [0.3, 0.4) is 0 Å². The Labute approximate surface area is 171 Å².